The molecule has 0 bridgehead atoms. The van der Waals surface area contributed by atoms with Gasteiger partial charge in [0.15, 0.2) is 5.79 Å². The smallest absolute Gasteiger partial charge is 0.172 e. The standard InChI is InChI=1S/C22H30O3/c1-3-21(23)10-8-19-18-5-4-15-14-22(24-12-13-25-22)11-7-16(15)17(18)6-9-20(19,21)2/h1,4,16-19,23H,5-14H2,2H3/t16-,17+,18+,19-,20-,21-/m0/s1. The fraction of sp³-hybridized carbons (Fsp3) is 0.818. The van der Waals surface area contributed by atoms with Crippen molar-refractivity contribution in [3.63, 3.8) is 0 Å². The second-order valence-electron chi connectivity index (χ2n) is 9.38. The summed E-state index contributed by atoms with van der Waals surface area (Å²) >= 11 is 0. The average molecular weight is 342 g/mol. The second kappa shape index (κ2) is 5.35. The Morgan fingerprint density at radius 1 is 1.12 bits per heavy atom. The van der Waals surface area contributed by atoms with Gasteiger partial charge < -0.3 is 14.6 Å². The highest BCUT2D eigenvalue weighted by Crippen LogP contribution is 2.64. The zero-order valence-corrected chi connectivity index (χ0v) is 15.3. The number of rotatable bonds is 0. The maximum absolute atomic E-state index is 11.0. The Balaban J connectivity index is 1.42. The van der Waals surface area contributed by atoms with Crippen molar-refractivity contribution in [1.82, 2.24) is 0 Å². The van der Waals surface area contributed by atoms with Gasteiger partial charge in [-0.2, -0.15) is 0 Å². The van der Waals surface area contributed by atoms with Crippen LogP contribution in [0.1, 0.15) is 58.3 Å². The van der Waals surface area contributed by atoms with Gasteiger partial charge in [-0.1, -0.05) is 24.5 Å². The predicted molar refractivity (Wildman–Crippen MR) is 95.5 cm³/mol. The van der Waals surface area contributed by atoms with Crippen molar-refractivity contribution in [3.05, 3.63) is 11.6 Å². The molecular formula is C22H30O3. The SMILES string of the molecule is C#C[C@]1(O)CC[C@H]2[C@@H]3CC=C4CC5(CC[C@@H]4[C@H]3CC[C@@]21C)OCCO5. The van der Waals surface area contributed by atoms with Gasteiger partial charge in [-0.05, 0) is 62.2 Å². The molecule has 0 amide bonds. The second-order valence-corrected chi connectivity index (χ2v) is 9.38. The number of allylic oxidation sites excluding steroid dienone is 1. The number of ether oxygens (including phenoxy) is 2. The van der Waals surface area contributed by atoms with E-state index >= 15 is 0 Å². The van der Waals surface area contributed by atoms with Crippen LogP contribution in [0.4, 0.5) is 0 Å². The fourth-order valence-electron chi connectivity index (χ4n) is 7.24. The molecule has 5 rings (SSSR count). The molecule has 1 saturated heterocycles. The van der Waals surface area contributed by atoms with Crippen molar-refractivity contribution in [2.75, 3.05) is 13.2 Å². The van der Waals surface area contributed by atoms with Gasteiger partial charge in [0.2, 0.25) is 0 Å². The highest BCUT2D eigenvalue weighted by Gasteiger charge is 2.62. The highest BCUT2D eigenvalue weighted by molar-refractivity contribution is 5.26. The van der Waals surface area contributed by atoms with E-state index in [1.165, 1.54) is 12.8 Å². The van der Waals surface area contributed by atoms with Crippen LogP contribution in [0.15, 0.2) is 11.6 Å². The normalized spacial score (nSPS) is 50.5. The van der Waals surface area contributed by atoms with Crippen LogP contribution in [0.2, 0.25) is 0 Å². The Hall–Kier alpha value is -0.820. The average Bonchev–Trinajstić information content (AvgIpc) is 3.18. The van der Waals surface area contributed by atoms with Crippen LogP contribution in [-0.4, -0.2) is 29.7 Å². The zero-order valence-electron chi connectivity index (χ0n) is 15.3. The van der Waals surface area contributed by atoms with Crippen LogP contribution < -0.4 is 0 Å². The predicted octanol–water partition coefficient (Wildman–Crippen LogP) is 3.67. The first-order chi connectivity index (χ1) is 12.0. The summed E-state index contributed by atoms with van der Waals surface area (Å²) in [4.78, 5) is 0. The summed E-state index contributed by atoms with van der Waals surface area (Å²) < 4.78 is 12.0. The lowest BCUT2D eigenvalue weighted by molar-refractivity contribution is -0.177. The third kappa shape index (κ3) is 2.11. The van der Waals surface area contributed by atoms with Crippen LogP contribution in [0.25, 0.3) is 0 Å². The van der Waals surface area contributed by atoms with E-state index in [0.29, 0.717) is 17.8 Å². The van der Waals surface area contributed by atoms with Gasteiger partial charge in [0.25, 0.3) is 0 Å². The molecule has 4 fully saturated rings. The van der Waals surface area contributed by atoms with Gasteiger partial charge in [-0.25, -0.2) is 0 Å². The number of hydrogen-bond acceptors (Lipinski definition) is 3. The summed E-state index contributed by atoms with van der Waals surface area (Å²) in [5, 5.41) is 11.0. The maximum Gasteiger partial charge on any atom is 0.172 e. The Labute approximate surface area is 151 Å². The van der Waals surface area contributed by atoms with Crippen LogP contribution in [-0.2, 0) is 9.47 Å². The quantitative estimate of drug-likeness (QED) is 0.539. The molecule has 0 aromatic carbocycles. The number of aliphatic hydroxyl groups is 1. The van der Waals surface area contributed by atoms with Gasteiger partial charge in [-0.15, -0.1) is 6.42 Å². The third-order valence-electron chi connectivity index (χ3n) is 8.65. The molecule has 1 spiro atoms. The summed E-state index contributed by atoms with van der Waals surface area (Å²) in [7, 11) is 0. The molecule has 3 nitrogen and oxygen atoms in total. The molecule has 0 aromatic rings. The Bertz CT molecular complexity index is 640. The molecule has 3 saturated carbocycles. The van der Waals surface area contributed by atoms with E-state index in [0.717, 1.165) is 57.7 Å². The molecule has 3 heteroatoms. The molecule has 5 aliphatic rings. The number of hydrogen-bond donors (Lipinski definition) is 1. The third-order valence-corrected chi connectivity index (χ3v) is 8.65. The van der Waals surface area contributed by atoms with Crippen molar-refractivity contribution in [2.45, 2.75) is 69.7 Å². The first kappa shape index (κ1) is 16.4. The summed E-state index contributed by atoms with van der Waals surface area (Å²) in [6, 6.07) is 0. The minimum Gasteiger partial charge on any atom is -0.377 e. The van der Waals surface area contributed by atoms with Gasteiger partial charge in [0, 0.05) is 18.3 Å². The van der Waals surface area contributed by atoms with Crippen molar-refractivity contribution in [2.24, 2.45) is 29.1 Å². The van der Waals surface area contributed by atoms with Gasteiger partial charge >= 0.3 is 0 Å². The first-order valence-electron chi connectivity index (χ1n) is 10.2. The van der Waals surface area contributed by atoms with E-state index in [1.807, 2.05) is 0 Å². The molecule has 0 aromatic heterocycles. The van der Waals surface area contributed by atoms with Gasteiger partial charge in [0.1, 0.15) is 5.60 Å². The van der Waals surface area contributed by atoms with E-state index in [-0.39, 0.29) is 11.2 Å². The lowest BCUT2D eigenvalue weighted by Crippen LogP contribution is -2.52. The van der Waals surface area contributed by atoms with Gasteiger partial charge in [0.05, 0.1) is 13.2 Å². The Morgan fingerprint density at radius 2 is 1.92 bits per heavy atom. The van der Waals surface area contributed by atoms with Crippen molar-refractivity contribution >= 4 is 0 Å². The molecule has 1 aliphatic heterocycles. The van der Waals surface area contributed by atoms with Crippen molar-refractivity contribution in [1.29, 1.82) is 0 Å². The molecule has 6 atom stereocenters. The minimum atomic E-state index is -0.894. The topological polar surface area (TPSA) is 38.7 Å². The van der Waals surface area contributed by atoms with E-state index in [2.05, 4.69) is 18.9 Å². The van der Waals surface area contributed by atoms with Crippen molar-refractivity contribution in [3.8, 4) is 12.3 Å². The zero-order chi connectivity index (χ0) is 17.3. The molecule has 136 valence electrons. The van der Waals surface area contributed by atoms with Crippen LogP contribution >= 0.6 is 0 Å². The Kier molecular flexibility index (Phi) is 3.50. The molecule has 1 heterocycles. The monoisotopic (exact) mass is 342 g/mol. The lowest BCUT2D eigenvalue weighted by atomic mass is 9.51. The Morgan fingerprint density at radius 3 is 2.68 bits per heavy atom. The summed E-state index contributed by atoms with van der Waals surface area (Å²) in [5.74, 6) is 5.18. The lowest BCUT2D eigenvalue weighted by Gasteiger charge is -2.55. The van der Waals surface area contributed by atoms with Crippen LogP contribution in [0.3, 0.4) is 0 Å². The van der Waals surface area contributed by atoms with Crippen LogP contribution in [0, 0.1) is 41.4 Å². The van der Waals surface area contributed by atoms with E-state index in [1.54, 1.807) is 5.57 Å². The molecule has 25 heavy (non-hydrogen) atoms. The van der Waals surface area contributed by atoms with Gasteiger partial charge in [-0.3, -0.25) is 0 Å². The maximum atomic E-state index is 11.0. The first-order valence-corrected chi connectivity index (χ1v) is 10.2. The minimum absolute atomic E-state index is 0.0954. The molecule has 0 radical (unpaired) electrons. The molecule has 4 aliphatic carbocycles. The summed E-state index contributed by atoms with van der Waals surface area (Å²) in [6.45, 7) is 3.75. The summed E-state index contributed by atoms with van der Waals surface area (Å²) in [6.07, 6.45) is 16.7. The number of fused-ring (bicyclic) bond motifs is 5. The summed E-state index contributed by atoms with van der Waals surface area (Å²) in [5.41, 5.74) is 0.597. The molecule has 0 unspecified atom stereocenters. The number of terminal acetylenes is 1. The molecule has 1 N–H and O–H groups in total. The molecular weight excluding hydrogens is 312 g/mol. The fourth-order valence-corrected chi connectivity index (χ4v) is 7.24. The van der Waals surface area contributed by atoms with E-state index in [4.69, 9.17) is 15.9 Å². The highest BCUT2D eigenvalue weighted by atomic mass is 16.7. The van der Waals surface area contributed by atoms with Crippen LogP contribution in [0.5, 0.6) is 0 Å². The van der Waals surface area contributed by atoms with E-state index < -0.39 is 5.60 Å². The largest absolute Gasteiger partial charge is 0.377 e. The van der Waals surface area contributed by atoms with Crippen molar-refractivity contribution < 1.29 is 14.6 Å². The van der Waals surface area contributed by atoms with E-state index in [9.17, 15) is 5.11 Å².